The predicted octanol–water partition coefficient (Wildman–Crippen LogP) is 2.64. The van der Waals surface area contributed by atoms with E-state index in [-0.39, 0.29) is 43.9 Å². The molecule has 3 rings (SSSR count). The van der Waals surface area contributed by atoms with Crippen LogP contribution in [0, 0.1) is 5.82 Å². The number of hydrogen-bond acceptors (Lipinski definition) is 7. The fraction of sp³-hybridized carbons (Fsp3) is 0.400. The molecule has 0 aliphatic carbocycles. The molecule has 0 unspecified atom stereocenters. The quantitative estimate of drug-likeness (QED) is 0.484. The van der Waals surface area contributed by atoms with E-state index in [1.165, 1.54) is 36.3 Å². The molecule has 0 spiro atoms. The van der Waals surface area contributed by atoms with Crippen LogP contribution in [0.15, 0.2) is 47.6 Å². The maximum atomic E-state index is 13.6. The summed E-state index contributed by atoms with van der Waals surface area (Å²) < 4.78 is 34.4. The first-order chi connectivity index (χ1) is 16.9. The highest BCUT2D eigenvalue weighted by atomic mass is 19.1. The second kappa shape index (κ2) is 12.3. The summed E-state index contributed by atoms with van der Waals surface area (Å²) in [6.45, 7) is 0.125. The zero-order chi connectivity index (χ0) is 25.4. The molecule has 0 saturated carbocycles. The van der Waals surface area contributed by atoms with E-state index < -0.39 is 6.04 Å². The summed E-state index contributed by atoms with van der Waals surface area (Å²) in [7, 11) is 6.04. The number of carbonyl (C=O) groups excluding carboxylic acids is 2. The van der Waals surface area contributed by atoms with Gasteiger partial charge in [0.1, 0.15) is 30.5 Å². The fourth-order valence-corrected chi connectivity index (χ4v) is 3.83. The van der Waals surface area contributed by atoms with Crippen LogP contribution in [0.1, 0.15) is 23.6 Å². The van der Waals surface area contributed by atoms with Gasteiger partial charge in [-0.3, -0.25) is 9.59 Å². The van der Waals surface area contributed by atoms with Crippen molar-refractivity contribution in [2.75, 3.05) is 54.7 Å². The topological polar surface area (TPSA) is 89.9 Å². The van der Waals surface area contributed by atoms with Crippen LogP contribution in [0.4, 0.5) is 4.39 Å². The molecule has 0 bridgehead atoms. The Balaban J connectivity index is 1.95. The molecule has 2 amide bonds. The third-order valence-corrected chi connectivity index (χ3v) is 5.65. The number of halogens is 1. The average molecular weight is 488 g/mol. The minimum absolute atomic E-state index is 0.157. The highest BCUT2D eigenvalue weighted by molar-refractivity contribution is 6.05. The summed E-state index contributed by atoms with van der Waals surface area (Å²) in [5, 5.41) is 5.98. The van der Waals surface area contributed by atoms with Crippen molar-refractivity contribution in [2.24, 2.45) is 5.10 Å². The Morgan fingerprint density at radius 2 is 1.80 bits per heavy atom. The number of benzene rings is 2. The van der Waals surface area contributed by atoms with E-state index in [0.29, 0.717) is 29.2 Å². The second-order valence-electron chi connectivity index (χ2n) is 7.86. The van der Waals surface area contributed by atoms with Crippen molar-refractivity contribution in [1.82, 2.24) is 9.91 Å². The highest BCUT2D eigenvalue weighted by Crippen LogP contribution is 2.36. The van der Waals surface area contributed by atoms with Crippen LogP contribution in [-0.4, -0.2) is 82.2 Å². The number of nitrogens with zero attached hydrogens (tertiary/aromatic N) is 3. The second-order valence-corrected chi connectivity index (χ2v) is 7.86. The van der Waals surface area contributed by atoms with Gasteiger partial charge >= 0.3 is 0 Å². The van der Waals surface area contributed by atoms with Gasteiger partial charge in [0.15, 0.2) is 0 Å². The molecule has 0 N–H and O–H groups in total. The number of carbonyl (C=O) groups is 2. The molecule has 35 heavy (non-hydrogen) atoms. The lowest BCUT2D eigenvalue weighted by Gasteiger charge is -2.26. The molecule has 2 aromatic rings. The zero-order valence-corrected chi connectivity index (χ0v) is 20.3. The summed E-state index contributed by atoms with van der Waals surface area (Å²) in [6, 6.07) is 10.8. The molecule has 2 aromatic carbocycles. The van der Waals surface area contributed by atoms with E-state index in [1.807, 2.05) is 6.07 Å². The third kappa shape index (κ3) is 6.34. The van der Waals surface area contributed by atoms with Crippen LogP contribution >= 0.6 is 0 Å². The smallest absolute Gasteiger partial charge is 0.262 e. The van der Waals surface area contributed by atoms with Gasteiger partial charge in [0.25, 0.3) is 5.91 Å². The lowest BCUT2D eigenvalue weighted by Crippen LogP contribution is -2.44. The molecule has 0 saturated heterocycles. The molecule has 1 heterocycles. The Morgan fingerprint density at radius 3 is 2.43 bits per heavy atom. The Bertz CT molecular complexity index is 1060. The lowest BCUT2D eigenvalue weighted by molar-refractivity contribution is -0.144. The normalized spacial score (nSPS) is 15.1. The number of rotatable bonds is 11. The van der Waals surface area contributed by atoms with Crippen molar-refractivity contribution < 1.29 is 32.9 Å². The van der Waals surface area contributed by atoms with Gasteiger partial charge in [0, 0.05) is 38.8 Å². The fourth-order valence-electron chi connectivity index (χ4n) is 3.83. The molecule has 1 aliphatic heterocycles. The van der Waals surface area contributed by atoms with Gasteiger partial charge in [-0.15, -0.1) is 0 Å². The van der Waals surface area contributed by atoms with E-state index in [0.717, 1.165) is 5.56 Å². The van der Waals surface area contributed by atoms with Crippen molar-refractivity contribution in [3.8, 4) is 11.5 Å². The van der Waals surface area contributed by atoms with Gasteiger partial charge in [-0.1, -0.05) is 12.1 Å². The maximum Gasteiger partial charge on any atom is 0.262 e. The minimum Gasteiger partial charge on any atom is -0.497 e. The number of ether oxygens (including phenoxy) is 4. The van der Waals surface area contributed by atoms with Crippen LogP contribution < -0.4 is 9.47 Å². The van der Waals surface area contributed by atoms with Crippen LogP contribution in [0.3, 0.4) is 0 Å². The summed E-state index contributed by atoms with van der Waals surface area (Å²) in [4.78, 5) is 27.3. The summed E-state index contributed by atoms with van der Waals surface area (Å²) >= 11 is 0. The van der Waals surface area contributed by atoms with Crippen molar-refractivity contribution in [3.63, 3.8) is 0 Å². The predicted molar refractivity (Wildman–Crippen MR) is 127 cm³/mol. The molecule has 0 fully saturated rings. The molecule has 1 atom stereocenters. The summed E-state index contributed by atoms with van der Waals surface area (Å²) in [5.41, 5.74) is 2.05. The lowest BCUT2D eigenvalue weighted by atomic mass is 9.97. The first-order valence-corrected chi connectivity index (χ1v) is 11.0. The first-order valence-electron chi connectivity index (χ1n) is 11.0. The molecule has 0 radical (unpaired) electrons. The number of methoxy groups -OCH3 is 4. The molecule has 1 aliphatic rings. The van der Waals surface area contributed by atoms with E-state index in [2.05, 4.69) is 5.10 Å². The standard InChI is InChI=1S/C25H30FN3O6/c1-32-12-11-28(25(31)16-33-2)15-24(30)29-22(17-5-7-18(26)8-6-17)14-21(27-29)20-10-9-19(34-3)13-23(20)35-4/h5-10,13,22H,11-12,14-16H2,1-4H3/t22-/m0/s1. The number of amides is 2. The summed E-state index contributed by atoms with van der Waals surface area (Å²) in [6.07, 6.45) is 0.379. The first kappa shape index (κ1) is 26.1. The molecular formula is C25H30FN3O6. The van der Waals surface area contributed by atoms with Crippen molar-refractivity contribution in [1.29, 1.82) is 0 Å². The molecular weight excluding hydrogens is 457 g/mol. The minimum atomic E-state index is -0.480. The molecule has 10 heteroatoms. The van der Waals surface area contributed by atoms with Gasteiger partial charge in [0.05, 0.1) is 32.6 Å². The van der Waals surface area contributed by atoms with E-state index >= 15 is 0 Å². The van der Waals surface area contributed by atoms with Crippen molar-refractivity contribution in [2.45, 2.75) is 12.5 Å². The van der Waals surface area contributed by atoms with Crippen molar-refractivity contribution >= 4 is 17.5 Å². The Kier molecular flexibility index (Phi) is 9.16. The Hall–Kier alpha value is -3.50. The molecule has 0 aromatic heterocycles. The van der Waals surface area contributed by atoms with E-state index in [9.17, 15) is 14.0 Å². The summed E-state index contributed by atoms with van der Waals surface area (Å²) in [5.74, 6) is 0.0715. The average Bonchev–Trinajstić information content (AvgIpc) is 3.32. The third-order valence-electron chi connectivity index (χ3n) is 5.65. The zero-order valence-electron chi connectivity index (χ0n) is 20.3. The van der Waals surface area contributed by atoms with Crippen molar-refractivity contribution in [3.05, 3.63) is 59.4 Å². The van der Waals surface area contributed by atoms with Gasteiger partial charge < -0.3 is 23.8 Å². The van der Waals surface area contributed by atoms with Crippen LogP contribution in [0.5, 0.6) is 11.5 Å². The SMILES string of the molecule is COCCN(CC(=O)N1N=C(c2ccc(OC)cc2OC)C[C@H]1c1ccc(F)cc1)C(=O)COC. The van der Waals surface area contributed by atoms with Crippen LogP contribution in [0.2, 0.25) is 0 Å². The van der Waals surface area contributed by atoms with Crippen LogP contribution in [0.25, 0.3) is 0 Å². The highest BCUT2D eigenvalue weighted by Gasteiger charge is 2.35. The number of hydrogen-bond donors (Lipinski definition) is 0. The maximum absolute atomic E-state index is 13.6. The van der Waals surface area contributed by atoms with Gasteiger partial charge in [0.2, 0.25) is 5.91 Å². The van der Waals surface area contributed by atoms with Crippen LogP contribution in [-0.2, 0) is 19.1 Å². The van der Waals surface area contributed by atoms with E-state index in [1.54, 1.807) is 38.5 Å². The van der Waals surface area contributed by atoms with Gasteiger partial charge in [-0.25, -0.2) is 9.40 Å². The Labute approximate surface area is 204 Å². The largest absolute Gasteiger partial charge is 0.497 e. The molecule has 188 valence electrons. The number of hydrazone groups is 1. The Morgan fingerprint density at radius 1 is 1.06 bits per heavy atom. The van der Waals surface area contributed by atoms with E-state index in [4.69, 9.17) is 18.9 Å². The van der Waals surface area contributed by atoms with Gasteiger partial charge in [-0.05, 0) is 29.8 Å². The monoisotopic (exact) mass is 487 g/mol. The van der Waals surface area contributed by atoms with Gasteiger partial charge in [-0.2, -0.15) is 5.10 Å². The molecule has 9 nitrogen and oxygen atoms in total.